The molecule has 0 radical (unpaired) electrons. The molecule has 0 aromatic rings. The van der Waals surface area contributed by atoms with Crippen molar-refractivity contribution in [2.45, 2.75) is 51.7 Å². The molecule has 0 bridgehead atoms. The maximum atomic E-state index is 5.72. The largest absolute Gasteiger partial charge is 0.375 e. The first-order chi connectivity index (χ1) is 6.33. The molecule has 0 fully saturated rings. The van der Waals surface area contributed by atoms with E-state index < -0.39 is 0 Å². The monoisotopic (exact) mass is 241 g/mol. The van der Waals surface area contributed by atoms with Crippen molar-refractivity contribution in [2.75, 3.05) is 12.5 Å². The first-order valence-corrected chi connectivity index (χ1v) is 5.82. The molecule has 0 aliphatic carbocycles. The van der Waals surface area contributed by atoms with Gasteiger partial charge < -0.3 is 4.74 Å². The van der Waals surface area contributed by atoms with Crippen molar-refractivity contribution < 1.29 is 4.74 Å². The maximum Gasteiger partial charge on any atom is 0.0637 e. The standard InChI is InChI=1S/C10H21Cl2NO/c1-9(2,13-12)6-8-14-10(3,4)5-7-11/h13H,5-8H2,1-4H3. The molecule has 0 spiro atoms. The molecule has 0 aromatic heterocycles. The van der Waals surface area contributed by atoms with Crippen molar-refractivity contribution in [3.05, 3.63) is 0 Å². The van der Waals surface area contributed by atoms with Crippen molar-refractivity contribution in [3.63, 3.8) is 0 Å². The van der Waals surface area contributed by atoms with Gasteiger partial charge >= 0.3 is 0 Å². The van der Waals surface area contributed by atoms with E-state index in [1.807, 2.05) is 13.8 Å². The summed E-state index contributed by atoms with van der Waals surface area (Å²) in [6.45, 7) is 8.87. The third-order valence-electron chi connectivity index (χ3n) is 2.17. The second kappa shape index (κ2) is 6.16. The Kier molecular flexibility index (Phi) is 6.38. The lowest BCUT2D eigenvalue weighted by molar-refractivity contribution is -0.0259. The SMILES string of the molecule is CC(C)(CCOC(C)(C)CCCl)NCl. The van der Waals surface area contributed by atoms with Gasteiger partial charge in [0.15, 0.2) is 0 Å². The Morgan fingerprint density at radius 3 is 2.14 bits per heavy atom. The van der Waals surface area contributed by atoms with Crippen LogP contribution < -0.4 is 4.84 Å². The number of rotatable bonds is 7. The fourth-order valence-corrected chi connectivity index (χ4v) is 1.48. The molecule has 0 aliphatic heterocycles. The summed E-state index contributed by atoms with van der Waals surface area (Å²) in [5, 5.41) is 0. The van der Waals surface area contributed by atoms with E-state index in [4.69, 9.17) is 28.1 Å². The van der Waals surface area contributed by atoms with Crippen molar-refractivity contribution in [2.24, 2.45) is 0 Å². The van der Waals surface area contributed by atoms with Gasteiger partial charge in [0.25, 0.3) is 0 Å². The molecule has 0 saturated carbocycles. The zero-order chi connectivity index (χ0) is 11.2. The van der Waals surface area contributed by atoms with Gasteiger partial charge in [0.2, 0.25) is 0 Å². The Labute approximate surface area is 97.4 Å². The summed E-state index contributed by atoms with van der Waals surface area (Å²) in [5.74, 6) is 0.629. The summed E-state index contributed by atoms with van der Waals surface area (Å²) in [5.41, 5.74) is -0.220. The maximum absolute atomic E-state index is 5.72. The zero-order valence-corrected chi connectivity index (χ0v) is 11.0. The fourth-order valence-electron chi connectivity index (χ4n) is 0.929. The van der Waals surface area contributed by atoms with Gasteiger partial charge in [0.1, 0.15) is 0 Å². The highest BCUT2D eigenvalue weighted by Crippen LogP contribution is 2.17. The van der Waals surface area contributed by atoms with Crippen molar-refractivity contribution in [1.82, 2.24) is 4.84 Å². The third-order valence-corrected chi connectivity index (χ3v) is 2.87. The number of nitrogens with one attached hydrogen (secondary N) is 1. The molecule has 4 heteroatoms. The Balaban J connectivity index is 3.73. The summed E-state index contributed by atoms with van der Waals surface area (Å²) >= 11 is 11.2. The topological polar surface area (TPSA) is 21.3 Å². The summed E-state index contributed by atoms with van der Waals surface area (Å²) < 4.78 is 5.72. The Morgan fingerprint density at radius 2 is 1.71 bits per heavy atom. The lowest BCUT2D eigenvalue weighted by Gasteiger charge is -2.28. The fraction of sp³-hybridized carbons (Fsp3) is 1.00. The molecule has 0 rings (SSSR count). The van der Waals surface area contributed by atoms with Crippen molar-refractivity contribution >= 4 is 23.4 Å². The van der Waals surface area contributed by atoms with Crippen LogP contribution in [0, 0.1) is 0 Å². The average Bonchev–Trinajstić information content (AvgIpc) is 2.03. The van der Waals surface area contributed by atoms with Crippen LogP contribution in [0.1, 0.15) is 40.5 Å². The minimum atomic E-state index is -0.135. The van der Waals surface area contributed by atoms with E-state index in [2.05, 4.69) is 18.7 Å². The molecule has 86 valence electrons. The summed E-state index contributed by atoms with van der Waals surface area (Å²) in [7, 11) is 0. The molecule has 0 unspecified atom stereocenters. The van der Waals surface area contributed by atoms with Crippen LogP contribution >= 0.6 is 23.4 Å². The van der Waals surface area contributed by atoms with Crippen LogP contribution in [0.15, 0.2) is 0 Å². The molecule has 2 nitrogen and oxygen atoms in total. The number of halogens is 2. The van der Waals surface area contributed by atoms with E-state index in [0.29, 0.717) is 12.5 Å². The molecule has 0 aromatic carbocycles. The Morgan fingerprint density at radius 1 is 1.14 bits per heavy atom. The first-order valence-electron chi connectivity index (χ1n) is 4.91. The molecule has 1 N–H and O–H groups in total. The Hall–Kier alpha value is 0.500. The molecular weight excluding hydrogens is 221 g/mol. The van der Waals surface area contributed by atoms with Gasteiger partial charge in [0.05, 0.1) is 5.60 Å². The van der Waals surface area contributed by atoms with Gasteiger partial charge in [-0.3, -0.25) is 0 Å². The second-order valence-electron chi connectivity index (χ2n) is 4.78. The van der Waals surface area contributed by atoms with Gasteiger partial charge in [-0.15, -0.1) is 11.6 Å². The van der Waals surface area contributed by atoms with Crippen LogP contribution in [0.4, 0.5) is 0 Å². The third kappa shape index (κ3) is 6.88. The molecule has 0 saturated heterocycles. The summed E-state index contributed by atoms with van der Waals surface area (Å²) in [6, 6.07) is 0. The van der Waals surface area contributed by atoms with Gasteiger partial charge in [0, 0.05) is 18.0 Å². The van der Waals surface area contributed by atoms with Gasteiger partial charge in [-0.2, -0.15) is 0 Å². The Bertz CT molecular complexity index is 160. The minimum Gasteiger partial charge on any atom is -0.375 e. The quantitative estimate of drug-likeness (QED) is 0.546. The highest BCUT2D eigenvalue weighted by Gasteiger charge is 2.20. The second-order valence-corrected chi connectivity index (χ2v) is 5.34. The van der Waals surface area contributed by atoms with E-state index in [-0.39, 0.29) is 11.1 Å². The van der Waals surface area contributed by atoms with Crippen LogP contribution in [-0.4, -0.2) is 23.6 Å². The van der Waals surface area contributed by atoms with E-state index in [1.165, 1.54) is 0 Å². The molecule has 0 amide bonds. The predicted molar refractivity (Wildman–Crippen MR) is 63.1 cm³/mol. The van der Waals surface area contributed by atoms with Gasteiger partial charge in [-0.25, -0.2) is 4.84 Å². The lowest BCUT2D eigenvalue weighted by Crippen LogP contribution is -2.35. The lowest BCUT2D eigenvalue weighted by atomic mass is 10.0. The van der Waals surface area contributed by atoms with E-state index >= 15 is 0 Å². The number of alkyl halides is 1. The van der Waals surface area contributed by atoms with E-state index in [0.717, 1.165) is 12.8 Å². The van der Waals surface area contributed by atoms with E-state index in [9.17, 15) is 0 Å². The normalized spacial score (nSPS) is 13.3. The molecule has 0 aliphatic rings. The average molecular weight is 242 g/mol. The highest BCUT2D eigenvalue weighted by molar-refractivity contribution is 6.17. The summed E-state index contributed by atoms with van der Waals surface area (Å²) in [6.07, 6.45) is 1.74. The zero-order valence-electron chi connectivity index (χ0n) is 9.49. The predicted octanol–water partition coefficient (Wildman–Crippen LogP) is 3.32. The smallest absolute Gasteiger partial charge is 0.0637 e. The summed E-state index contributed by atoms with van der Waals surface area (Å²) in [4.78, 5) is 2.73. The van der Waals surface area contributed by atoms with E-state index in [1.54, 1.807) is 0 Å². The molecule has 14 heavy (non-hydrogen) atoms. The minimum absolute atomic E-state index is 0.0847. The van der Waals surface area contributed by atoms with Crippen LogP contribution in [0.5, 0.6) is 0 Å². The number of ether oxygens (including phenoxy) is 1. The first kappa shape index (κ1) is 14.5. The van der Waals surface area contributed by atoms with Crippen LogP contribution in [0.3, 0.4) is 0 Å². The highest BCUT2D eigenvalue weighted by atomic mass is 35.5. The number of hydrogen-bond donors (Lipinski definition) is 1. The number of hydrogen-bond acceptors (Lipinski definition) is 2. The van der Waals surface area contributed by atoms with Crippen LogP contribution in [0.2, 0.25) is 0 Å². The van der Waals surface area contributed by atoms with Crippen LogP contribution in [-0.2, 0) is 4.74 Å². The molecule has 0 heterocycles. The van der Waals surface area contributed by atoms with Gasteiger partial charge in [-0.1, -0.05) is 0 Å². The molecule has 0 atom stereocenters. The van der Waals surface area contributed by atoms with Crippen molar-refractivity contribution in [1.29, 1.82) is 0 Å². The molecular formula is C10H21Cl2NO. The van der Waals surface area contributed by atoms with Crippen LogP contribution in [0.25, 0.3) is 0 Å². The van der Waals surface area contributed by atoms with Gasteiger partial charge in [-0.05, 0) is 52.3 Å². The van der Waals surface area contributed by atoms with Crippen molar-refractivity contribution in [3.8, 4) is 0 Å².